The fourth-order valence-electron chi connectivity index (χ4n) is 3.14. The minimum atomic E-state index is 0.502. The summed E-state index contributed by atoms with van der Waals surface area (Å²) in [6.07, 6.45) is 12.8. The van der Waals surface area contributed by atoms with Crippen LogP contribution in [0.15, 0.2) is 48.3 Å². The number of benzene rings is 1. The average Bonchev–Trinajstić information content (AvgIpc) is 3.27. The number of hydrogen-bond acceptors (Lipinski definition) is 4. The van der Waals surface area contributed by atoms with Crippen LogP contribution in [-0.4, -0.2) is 25.0 Å². The first kappa shape index (κ1) is 18.9. The molecule has 27 heavy (non-hydrogen) atoms. The van der Waals surface area contributed by atoms with Crippen molar-refractivity contribution in [3.05, 3.63) is 65.2 Å². The number of hydrogen-bond donors (Lipinski definition) is 2. The molecule has 0 aliphatic carbocycles. The van der Waals surface area contributed by atoms with Crippen LogP contribution < -0.4 is 5.73 Å². The van der Waals surface area contributed by atoms with Crippen LogP contribution in [0.4, 0.5) is 5.95 Å². The molecule has 0 radical (unpaired) electrons. The summed E-state index contributed by atoms with van der Waals surface area (Å²) in [5.74, 6) is 0.502. The molecular formula is C21H28N6. The molecule has 3 rings (SSSR count). The highest BCUT2D eigenvalue weighted by molar-refractivity contribution is 5.51. The predicted molar refractivity (Wildman–Crippen MR) is 109 cm³/mol. The van der Waals surface area contributed by atoms with Crippen LogP contribution in [-0.2, 0) is 19.4 Å². The molecule has 0 aliphatic rings. The third kappa shape index (κ3) is 6.40. The van der Waals surface area contributed by atoms with E-state index in [-0.39, 0.29) is 0 Å². The number of nitrogens with two attached hydrogens (primary N) is 1. The van der Waals surface area contributed by atoms with Crippen molar-refractivity contribution < 1.29 is 0 Å². The van der Waals surface area contributed by atoms with Crippen LogP contribution in [0.5, 0.6) is 0 Å². The van der Waals surface area contributed by atoms with Crippen LogP contribution in [0.2, 0.25) is 0 Å². The fourth-order valence-corrected chi connectivity index (χ4v) is 3.14. The molecule has 0 bridgehead atoms. The molecule has 0 amide bonds. The third-order valence-corrected chi connectivity index (χ3v) is 4.49. The number of nitrogens with zero attached hydrogens (tertiary/aromatic N) is 4. The van der Waals surface area contributed by atoms with Gasteiger partial charge < -0.3 is 10.7 Å². The van der Waals surface area contributed by atoms with Gasteiger partial charge in [0.1, 0.15) is 0 Å². The smallest absolute Gasteiger partial charge is 0.197 e. The predicted octanol–water partition coefficient (Wildman–Crippen LogP) is 4.03. The Bertz CT molecular complexity index is 846. The zero-order chi connectivity index (χ0) is 18.9. The Morgan fingerprint density at radius 3 is 2.63 bits per heavy atom. The lowest BCUT2D eigenvalue weighted by Gasteiger charge is -2.01. The Labute approximate surface area is 160 Å². The number of aryl methyl sites for hydroxylation is 2. The maximum Gasteiger partial charge on any atom is 0.197 e. The molecule has 142 valence electrons. The zero-order valence-corrected chi connectivity index (χ0v) is 15.9. The van der Waals surface area contributed by atoms with Gasteiger partial charge >= 0.3 is 0 Å². The highest BCUT2D eigenvalue weighted by Crippen LogP contribution is 2.11. The monoisotopic (exact) mass is 364 g/mol. The largest absolute Gasteiger partial charge is 0.369 e. The first-order chi connectivity index (χ1) is 13.2. The van der Waals surface area contributed by atoms with Crippen molar-refractivity contribution in [3.8, 4) is 0 Å². The first-order valence-corrected chi connectivity index (χ1v) is 9.59. The summed E-state index contributed by atoms with van der Waals surface area (Å²) in [4.78, 5) is 7.09. The van der Waals surface area contributed by atoms with Gasteiger partial charge in [0.2, 0.25) is 0 Å². The van der Waals surface area contributed by atoms with E-state index in [1.807, 2.05) is 16.9 Å². The van der Waals surface area contributed by atoms with E-state index in [1.165, 1.54) is 24.0 Å². The molecule has 0 atom stereocenters. The first-order valence-electron chi connectivity index (χ1n) is 9.59. The summed E-state index contributed by atoms with van der Waals surface area (Å²) >= 11 is 0. The topological polar surface area (TPSA) is 85.4 Å². The lowest BCUT2D eigenvalue weighted by molar-refractivity contribution is 0.630. The van der Waals surface area contributed by atoms with E-state index in [4.69, 9.17) is 5.73 Å². The zero-order valence-electron chi connectivity index (χ0n) is 15.9. The molecule has 0 spiro atoms. The maximum atomic E-state index is 5.58. The highest BCUT2D eigenvalue weighted by Gasteiger charge is 2.02. The lowest BCUT2D eigenvalue weighted by atomic mass is 10.1. The number of nitrogen functional groups attached to an aromatic ring is 1. The number of H-pyrrole nitrogens is 1. The van der Waals surface area contributed by atoms with Gasteiger partial charge in [-0.1, -0.05) is 60.0 Å². The lowest BCUT2D eigenvalue weighted by Crippen LogP contribution is -1.99. The van der Waals surface area contributed by atoms with E-state index in [0.29, 0.717) is 5.95 Å². The third-order valence-electron chi connectivity index (χ3n) is 4.49. The summed E-state index contributed by atoms with van der Waals surface area (Å²) in [5.41, 5.74) is 10.3. The van der Waals surface area contributed by atoms with Crippen molar-refractivity contribution in [1.82, 2.24) is 25.0 Å². The van der Waals surface area contributed by atoms with Gasteiger partial charge in [-0.15, -0.1) is 5.10 Å². The minimum absolute atomic E-state index is 0.502. The Kier molecular flexibility index (Phi) is 6.79. The summed E-state index contributed by atoms with van der Waals surface area (Å²) in [7, 11) is 0. The summed E-state index contributed by atoms with van der Waals surface area (Å²) in [6.45, 7) is 2.90. The van der Waals surface area contributed by atoms with E-state index < -0.39 is 0 Å². The van der Waals surface area contributed by atoms with Gasteiger partial charge in [0.05, 0.1) is 18.4 Å². The maximum absolute atomic E-state index is 5.58. The number of rotatable bonds is 10. The number of imidazole rings is 1. The molecule has 0 fully saturated rings. The van der Waals surface area contributed by atoms with Crippen LogP contribution in [0, 0.1) is 0 Å². The molecule has 0 saturated heterocycles. The van der Waals surface area contributed by atoms with Gasteiger partial charge in [0, 0.05) is 11.9 Å². The van der Waals surface area contributed by atoms with Crippen LogP contribution in [0.3, 0.4) is 0 Å². The molecule has 3 aromatic rings. The number of anilines is 1. The standard InChI is InChI=1S/C21H28N6/c1-17(13-18-9-5-4-6-10-18)15-27-16-20(25-26-27)12-8-3-2-7-11-19-14-23-21(22)24-19/h4-6,9-10,13-14,16H,2-3,7-8,11-12,15H2,1H3,(H3,22,23,24)/b17-13+. The van der Waals surface area contributed by atoms with E-state index in [2.05, 4.69) is 63.7 Å². The van der Waals surface area contributed by atoms with Gasteiger partial charge in [-0.3, -0.25) is 0 Å². The van der Waals surface area contributed by atoms with Crippen LogP contribution in [0.25, 0.3) is 6.08 Å². The number of allylic oxidation sites excluding steroid dienone is 1. The fraction of sp³-hybridized carbons (Fsp3) is 0.381. The summed E-state index contributed by atoms with van der Waals surface area (Å²) in [6, 6.07) is 10.4. The number of aromatic amines is 1. The van der Waals surface area contributed by atoms with E-state index >= 15 is 0 Å². The van der Waals surface area contributed by atoms with Gasteiger partial charge in [0.15, 0.2) is 5.95 Å². The quantitative estimate of drug-likeness (QED) is 0.532. The van der Waals surface area contributed by atoms with Crippen LogP contribution >= 0.6 is 0 Å². The molecule has 6 nitrogen and oxygen atoms in total. The highest BCUT2D eigenvalue weighted by atomic mass is 15.4. The second-order valence-electron chi connectivity index (χ2n) is 7.02. The van der Waals surface area contributed by atoms with Crippen LogP contribution in [0.1, 0.15) is 49.6 Å². The number of unbranched alkanes of at least 4 members (excludes halogenated alkanes) is 3. The SMILES string of the molecule is C/C(=C\c1ccccc1)Cn1cc(CCCCCCc2cnc(N)[nH]2)nn1. The van der Waals surface area contributed by atoms with Crippen molar-refractivity contribution >= 4 is 12.0 Å². The Hall–Kier alpha value is -2.89. The Balaban J connectivity index is 1.35. The van der Waals surface area contributed by atoms with E-state index in [0.717, 1.165) is 43.6 Å². The molecule has 0 unspecified atom stereocenters. The molecular weight excluding hydrogens is 336 g/mol. The Morgan fingerprint density at radius 1 is 1.11 bits per heavy atom. The average molecular weight is 364 g/mol. The molecule has 0 aliphatic heterocycles. The minimum Gasteiger partial charge on any atom is -0.369 e. The van der Waals surface area contributed by atoms with Gasteiger partial charge in [-0.05, 0) is 38.2 Å². The Morgan fingerprint density at radius 2 is 1.89 bits per heavy atom. The molecule has 3 N–H and O–H groups in total. The molecule has 2 heterocycles. The van der Waals surface area contributed by atoms with Gasteiger partial charge in [-0.25, -0.2) is 9.67 Å². The van der Waals surface area contributed by atoms with Gasteiger partial charge in [0.25, 0.3) is 0 Å². The number of aromatic nitrogens is 5. The van der Waals surface area contributed by atoms with Crippen molar-refractivity contribution in [2.24, 2.45) is 0 Å². The second kappa shape index (κ2) is 9.71. The normalized spacial score (nSPS) is 11.8. The summed E-state index contributed by atoms with van der Waals surface area (Å²) in [5, 5.41) is 8.56. The number of nitrogens with one attached hydrogen (secondary N) is 1. The van der Waals surface area contributed by atoms with E-state index in [1.54, 1.807) is 0 Å². The van der Waals surface area contributed by atoms with Crippen molar-refractivity contribution in [1.29, 1.82) is 0 Å². The molecule has 6 heteroatoms. The molecule has 1 aromatic carbocycles. The van der Waals surface area contributed by atoms with E-state index in [9.17, 15) is 0 Å². The van der Waals surface area contributed by atoms with Crippen molar-refractivity contribution in [2.45, 2.75) is 52.0 Å². The molecule has 2 aromatic heterocycles. The van der Waals surface area contributed by atoms with Gasteiger partial charge in [-0.2, -0.15) is 0 Å². The summed E-state index contributed by atoms with van der Waals surface area (Å²) < 4.78 is 1.92. The van der Waals surface area contributed by atoms with Crippen molar-refractivity contribution in [2.75, 3.05) is 5.73 Å². The second-order valence-corrected chi connectivity index (χ2v) is 7.02. The molecule has 0 saturated carbocycles. The van der Waals surface area contributed by atoms with Crippen molar-refractivity contribution in [3.63, 3.8) is 0 Å².